The molecule has 1 heterocycles. The maximum atomic E-state index is 15.5. The van der Waals surface area contributed by atoms with Crippen molar-refractivity contribution in [3.05, 3.63) is 69.0 Å². The van der Waals surface area contributed by atoms with Gasteiger partial charge in [-0.1, -0.05) is 68.2 Å². The summed E-state index contributed by atoms with van der Waals surface area (Å²) in [6.45, 7) is 7.87. The van der Waals surface area contributed by atoms with Crippen molar-refractivity contribution in [1.29, 1.82) is 0 Å². The maximum absolute atomic E-state index is 15.5. The van der Waals surface area contributed by atoms with E-state index in [-0.39, 0.29) is 40.9 Å². The number of amides is 1. The summed E-state index contributed by atoms with van der Waals surface area (Å²) in [5.74, 6) is -1.79. The normalized spacial score (nSPS) is 25.1. The molecular formula is C27H36Cl2FN3O3. The smallest absolute Gasteiger partial charge is 0.237 e. The fourth-order valence-corrected chi connectivity index (χ4v) is 5.37. The van der Waals surface area contributed by atoms with E-state index in [9.17, 15) is 9.90 Å². The summed E-state index contributed by atoms with van der Waals surface area (Å²) in [5.41, 5.74) is 7.78. The van der Waals surface area contributed by atoms with Crippen LogP contribution in [0.15, 0.2) is 36.4 Å². The van der Waals surface area contributed by atoms with Crippen molar-refractivity contribution in [1.82, 2.24) is 10.6 Å². The predicted molar refractivity (Wildman–Crippen MR) is 142 cm³/mol. The maximum Gasteiger partial charge on any atom is 0.237 e. The Balaban J connectivity index is 2.16. The van der Waals surface area contributed by atoms with E-state index in [1.807, 2.05) is 19.1 Å². The van der Waals surface area contributed by atoms with Gasteiger partial charge in [-0.15, -0.1) is 0 Å². The first-order valence-electron chi connectivity index (χ1n) is 12.1. The summed E-state index contributed by atoms with van der Waals surface area (Å²) in [5, 5.41) is 25.5. The van der Waals surface area contributed by atoms with E-state index < -0.39 is 36.0 Å². The summed E-state index contributed by atoms with van der Waals surface area (Å²) in [6.07, 6.45) is -0.153. The van der Waals surface area contributed by atoms with E-state index in [1.165, 1.54) is 6.07 Å². The molecule has 6 N–H and O–H groups in total. The molecular weight excluding hydrogens is 504 g/mol. The molecule has 198 valence electrons. The first-order valence-corrected chi connectivity index (χ1v) is 12.9. The Kier molecular flexibility index (Phi) is 9.08. The molecule has 5 unspecified atom stereocenters. The highest BCUT2D eigenvalue weighted by Crippen LogP contribution is 2.49. The fraction of sp³-hybridized carbons (Fsp3) is 0.519. The van der Waals surface area contributed by atoms with Gasteiger partial charge in [0.05, 0.1) is 29.3 Å². The van der Waals surface area contributed by atoms with Gasteiger partial charge in [-0.3, -0.25) is 4.79 Å². The molecule has 5 atom stereocenters. The highest BCUT2D eigenvalue weighted by atomic mass is 35.5. The zero-order valence-corrected chi connectivity index (χ0v) is 22.6. The molecule has 1 aliphatic rings. The van der Waals surface area contributed by atoms with Crippen molar-refractivity contribution in [2.24, 2.45) is 11.1 Å². The van der Waals surface area contributed by atoms with Gasteiger partial charge in [0.15, 0.2) is 0 Å². The Labute approximate surface area is 222 Å². The van der Waals surface area contributed by atoms with Crippen molar-refractivity contribution < 1.29 is 19.4 Å². The third-order valence-electron chi connectivity index (χ3n) is 6.87. The first kappa shape index (κ1) is 28.8. The van der Waals surface area contributed by atoms with Crippen LogP contribution in [0.3, 0.4) is 0 Å². The van der Waals surface area contributed by atoms with E-state index in [0.717, 1.165) is 11.1 Å². The van der Waals surface area contributed by atoms with Crippen LogP contribution in [0.4, 0.5) is 4.39 Å². The number of rotatable bonds is 8. The van der Waals surface area contributed by atoms with Crippen molar-refractivity contribution in [3.8, 4) is 0 Å². The van der Waals surface area contributed by atoms with Gasteiger partial charge in [0.25, 0.3) is 0 Å². The predicted octanol–water partition coefficient (Wildman–Crippen LogP) is 4.01. The van der Waals surface area contributed by atoms with Crippen LogP contribution >= 0.6 is 23.2 Å². The average molecular weight is 541 g/mol. The standard InChI is InChI=1S/C27H36Cl2FN3O3/c1-15-12-16(8-9-19(15)28)27(31)21(13-26(2,3)4)33-24(25(36)32-11-10-17(35)14-34)22(27)18-6-5-7-20(29)23(18)30/h5-9,12,17,21-22,24,33-35H,10-11,13-14,31H2,1-4H3,(H,32,36). The van der Waals surface area contributed by atoms with Crippen LogP contribution in [0.1, 0.15) is 56.2 Å². The average Bonchev–Trinajstić information content (AvgIpc) is 3.08. The second-order valence-electron chi connectivity index (χ2n) is 10.9. The van der Waals surface area contributed by atoms with Gasteiger partial charge in [0.1, 0.15) is 5.82 Å². The third-order valence-corrected chi connectivity index (χ3v) is 7.58. The van der Waals surface area contributed by atoms with Gasteiger partial charge in [-0.25, -0.2) is 4.39 Å². The SMILES string of the molecule is Cc1cc(C2(N)C(CC(C)(C)C)NC(C(=O)NCCC(O)CO)C2c2cccc(Cl)c2F)ccc1Cl. The molecule has 0 aromatic heterocycles. The topological polar surface area (TPSA) is 108 Å². The lowest BCUT2D eigenvalue weighted by atomic mass is 9.68. The summed E-state index contributed by atoms with van der Waals surface area (Å²) >= 11 is 12.5. The summed E-state index contributed by atoms with van der Waals surface area (Å²) < 4.78 is 15.5. The Hall–Kier alpha value is -1.74. The molecule has 36 heavy (non-hydrogen) atoms. The molecule has 2 aromatic carbocycles. The zero-order chi connectivity index (χ0) is 26.8. The van der Waals surface area contributed by atoms with Gasteiger partial charge in [-0.05, 0) is 54.0 Å². The fourth-order valence-electron chi connectivity index (χ4n) is 5.07. The van der Waals surface area contributed by atoms with Gasteiger partial charge in [0.2, 0.25) is 5.91 Å². The molecule has 1 saturated heterocycles. The molecule has 2 aromatic rings. The van der Waals surface area contributed by atoms with Crippen molar-refractivity contribution in [3.63, 3.8) is 0 Å². The van der Waals surface area contributed by atoms with Crippen molar-refractivity contribution >= 4 is 29.1 Å². The van der Waals surface area contributed by atoms with Crippen molar-refractivity contribution in [2.45, 2.75) is 70.2 Å². The van der Waals surface area contributed by atoms with Gasteiger partial charge >= 0.3 is 0 Å². The number of carbonyl (C=O) groups excluding carboxylic acids is 1. The Morgan fingerprint density at radius 2 is 1.94 bits per heavy atom. The molecule has 3 rings (SSSR count). The van der Waals surface area contributed by atoms with Crippen LogP contribution < -0.4 is 16.4 Å². The lowest BCUT2D eigenvalue weighted by Crippen LogP contribution is -2.52. The van der Waals surface area contributed by atoms with E-state index in [4.69, 9.17) is 34.0 Å². The van der Waals surface area contributed by atoms with E-state index >= 15 is 4.39 Å². The minimum atomic E-state index is -1.18. The second-order valence-corrected chi connectivity index (χ2v) is 11.7. The first-order chi connectivity index (χ1) is 16.8. The van der Waals surface area contributed by atoms with Crippen LogP contribution in [-0.4, -0.2) is 47.5 Å². The summed E-state index contributed by atoms with van der Waals surface area (Å²) in [6, 6.07) is 8.96. The minimum Gasteiger partial charge on any atom is -0.394 e. The molecule has 0 aliphatic carbocycles. The number of aryl methyl sites for hydroxylation is 1. The molecule has 0 spiro atoms. The van der Waals surface area contributed by atoms with Crippen LogP contribution in [0.25, 0.3) is 0 Å². The minimum absolute atomic E-state index is 0.0494. The molecule has 1 fully saturated rings. The van der Waals surface area contributed by atoms with Crippen molar-refractivity contribution in [2.75, 3.05) is 13.2 Å². The van der Waals surface area contributed by atoms with Crippen LogP contribution in [0, 0.1) is 18.2 Å². The number of aliphatic hydroxyl groups excluding tert-OH is 2. The molecule has 1 aliphatic heterocycles. The van der Waals surface area contributed by atoms with Gasteiger partial charge in [0, 0.05) is 23.5 Å². The molecule has 0 saturated carbocycles. The number of nitrogens with one attached hydrogen (secondary N) is 2. The number of benzene rings is 2. The molecule has 0 bridgehead atoms. The number of halogens is 3. The summed E-state index contributed by atoms with van der Waals surface area (Å²) in [7, 11) is 0. The molecule has 9 heteroatoms. The number of aliphatic hydroxyl groups is 2. The van der Waals surface area contributed by atoms with Gasteiger partial charge in [-0.2, -0.15) is 0 Å². The quantitative estimate of drug-likeness (QED) is 0.348. The monoisotopic (exact) mass is 539 g/mol. The van der Waals surface area contributed by atoms with E-state index in [0.29, 0.717) is 11.4 Å². The highest BCUT2D eigenvalue weighted by molar-refractivity contribution is 6.31. The second kappa shape index (κ2) is 11.3. The molecule has 0 radical (unpaired) electrons. The Morgan fingerprint density at radius 1 is 1.25 bits per heavy atom. The number of hydrogen-bond acceptors (Lipinski definition) is 5. The van der Waals surface area contributed by atoms with Crippen LogP contribution in [-0.2, 0) is 10.3 Å². The summed E-state index contributed by atoms with van der Waals surface area (Å²) in [4.78, 5) is 13.5. The number of hydrogen-bond donors (Lipinski definition) is 5. The lowest BCUT2D eigenvalue weighted by Gasteiger charge is -2.40. The Bertz CT molecular complexity index is 1090. The lowest BCUT2D eigenvalue weighted by molar-refractivity contribution is -0.123. The third kappa shape index (κ3) is 6.04. The van der Waals surface area contributed by atoms with E-state index in [1.54, 1.807) is 18.2 Å². The number of carbonyl (C=O) groups is 1. The van der Waals surface area contributed by atoms with Gasteiger partial charge < -0.3 is 26.6 Å². The van der Waals surface area contributed by atoms with Crippen LogP contribution in [0.2, 0.25) is 10.0 Å². The largest absolute Gasteiger partial charge is 0.394 e. The zero-order valence-electron chi connectivity index (χ0n) is 21.1. The Morgan fingerprint density at radius 3 is 2.56 bits per heavy atom. The molecule has 6 nitrogen and oxygen atoms in total. The number of nitrogens with two attached hydrogens (primary N) is 1. The molecule has 1 amide bonds. The van der Waals surface area contributed by atoms with Crippen LogP contribution in [0.5, 0.6) is 0 Å². The highest BCUT2D eigenvalue weighted by Gasteiger charge is 2.57. The van der Waals surface area contributed by atoms with E-state index in [2.05, 4.69) is 31.4 Å².